The van der Waals surface area contributed by atoms with Gasteiger partial charge in [-0.3, -0.25) is 19.5 Å². The zero-order valence-electron chi connectivity index (χ0n) is 20.1. The minimum atomic E-state index is -0.913. The van der Waals surface area contributed by atoms with Gasteiger partial charge >= 0.3 is 0 Å². The van der Waals surface area contributed by atoms with Crippen LogP contribution in [0.2, 0.25) is 0 Å². The third kappa shape index (κ3) is 5.25. The van der Waals surface area contributed by atoms with E-state index in [1.807, 2.05) is 4.90 Å². The van der Waals surface area contributed by atoms with Crippen molar-refractivity contribution in [3.05, 3.63) is 30.1 Å². The molecule has 3 heterocycles. The number of aromatic nitrogens is 1. The number of rotatable bonds is 7. The largest absolute Gasteiger partial charge is 0.390 e. The number of halogens is 1. The predicted octanol–water partition coefficient (Wildman–Crippen LogP) is 2.40. The van der Waals surface area contributed by atoms with Crippen molar-refractivity contribution in [1.29, 1.82) is 0 Å². The van der Waals surface area contributed by atoms with Crippen LogP contribution in [0, 0.1) is 5.92 Å². The molecule has 1 aromatic rings. The number of unbranched alkanes of at least 4 members (excludes halogenated alkanes) is 1. The summed E-state index contributed by atoms with van der Waals surface area (Å²) in [5.41, 5.74) is -0.146. The van der Waals surface area contributed by atoms with Crippen LogP contribution in [0.3, 0.4) is 0 Å². The van der Waals surface area contributed by atoms with Gasteiger partial charge in [-0.1, -0.05) is 32.6 Å². The number of likely N-dealkylation sites (tertiary alicyclic amines) is 1. The van der Waals surface area contributed by atoms with Gasteiger partial charge in [0, 0.05) is 32.0 Å². The van der Waals surface area contributed by atoms with Gasteiger partial charge in [0.15, 0.2) is 0 Å². The molecule has 0 bridgehead atoms. The quantitative estimate of drug-likeness (QED) is 0.537. The van der Waals surface area contributed by atoms with Gasteiger partial charge in [-0.2, -0.15) is 0 Å². The fraction of sp³-hybridized carbons (Fsp3) is 0.720. The molecule has 190 valence electrons. The molecule has 3 aliphatic rings. The second-order valence-electron chi connectivity index (χ2n) is 9.91. The number of hydrogen-bond donors (Lipinski definition) is 3. The van der Waals surface area contributed by atoms with Gasteiger partial charge in [0.2, 0.25) is 11.8 Å². The third-order valence-electron chi connectivity index (χ3n) is 7.94. The van der Waals surface area contributed by atoms with Crippen molar-refractivity contribution in [2.45, 2.75) is 88.6 Å². The molecule has 2 amide bonds. The Labute approximate surface area is 208 Å². The molecule has 0 aromatic carbocycles. The fourth-order valence-corrected chi connectivity index (χ4v) is 5.84. The molecule has 1 aromatic heterocycles. The molecule has 1 aliphatic carbocycles. The number of aliphatic hydroxyl groups is 2. The first-order valence-electron chi connectivity index (χ1n) is 12.6. The molecule has 0 radical (unpaired) electrons. The van der Waals surface area contributed by atoms with Crippen LogP contribution in [0.25, 0.3) is 0 Å². The first-order valence-corrected chi connectivity index (χ1v) is 12.6. The number of amides is 2. The monoisotopic (exact) mass is 494 g/mol. The van der Waals surface area contributed by atoms with E-state index in [0.717, 1.165) is 44.1 Å². The zero-order chi connectivity index (χ0) is 23.4. The second-order valence-corrected chi connectivity index (χ2v) is 9.91. The lowest BCUT2D eigenvalue weighted by atomic mass is 9.77. The van der Waals surface area contributed by atoms with Crippen molar-refractivity contribution in [2.75, 3.05) is 19.6 Å². The molecule has 2 saturated heterocycles. The Hall–Kier alpha value is -1.74. The summed E-state index contributed by atoms with van der Waals surface area (Å²) >= 11 is 0. The highest BCUT2D eigenvalue weighted by molar-refractivity contribution is 6.00. The maximum absolute atomic E-state index is 13.7. The first-order chi connectivity index (χ1) is 16.0. The lowest BCUT2D eigenvalue weighted by Gasteiger charge is -2.53. The summed E-state index contributed by atoms with van der Waals surface area (Å²) in [6.45, 7) is 3.60. The number of hydrogen-bond acceptors (Lipinski definition) is 6. The molecule has 4 rings (SSSR count). The highest BCUT2D eigenvalue weighted by Crippen LogP contribution is 2.37. The lowest BCUT2D eigenvalue weighted by molar-refractivity contribution is -0.167. The van der Waals surface area contributed by atoms with Crippen molar-refractivity contribution >= 4 is 24.2 Å². The molecule has 1 unspecified atom stereocenters. The molecule has 3 fully saturated rings. The number of piperazine rings is 1. The van der Waals surface area contributed by atoms with Crippen LogP contribution in [0.1, 0.15) is 76.5 Å². The second kappa shape index (κ2) is 11.8. The van der Waals surface area contributed by atoms with Gasteiger partial charge in [0.05, 0.1) is 6.10 Å². The van der Waals surface area contributed by atoms with Gasteiger partial charge in [-0.05, 0) is 55.7 Å². The highest BCUT2D eigenvalue weighted by Gasteiger charge is 2.55. The average Bonchev–Trinajstić information content (AvgIpc) is 2.87. The minimum absolute atomic E-state index is 0. The molecule has 1 spiro atoms. The molecule has 34 heavy (non-hydrogen) atoms. The summed E-state index contributed by atoms with van der Waals surface area (Å²) in [5, 5.41) is 24.8. The molecular weight excluding hydrogens is 456 g/mol. The minimum Gasteiger partial charge on any atom is -0.390 e. The van der Waals surface area contributed by atoms with E-state index in [4.69, 9.17) is 0 Å². The van der Waals surface area contributed by atoms with Gasteiger partial charge < -0.3 is 20.4 Å². The van der Waals surface area contributed by atoms with E-state index < -0.39 is 23.9 Å². The van der Waals surface area contributed by atoms with Gasteiger partial charge in [-0.15, -0.1) is 12.4 Å². The smallest absolute Gasteiger partial charge is 0.248 e. The Morgan fingerprint density at radius 1 is 1.12 bits per heavy atom. The average molecular weight is 495 g/mol. The van der Waals surface area contributed by atoms with Crippen LogP contribution in [0.5, 0.6) is 0 Å². The predicted molar refractivity (Wildman–Crippen MR) is 131 cm³/mol. The van der Waals surface area contributed by atoms with Crippen LogP contribution in [0.15, 0.2) is 24.5 Å². The highest BCUT2D eigenvalue weighted by atomic mass is 35.5. The van der Waals surface area contributed by atoms with E-state index in [2.05, 4.69) is 17.2 Å². The van der Waals surface area contributed by atoms with Crippen LogP contribution in [0.4, 0.5) is 0 Å². The van der Waals surface area contributed by atoms with E-state index in [1.54, 1.807) is 29.4 Å². The Bertz CT molecular complexity index is 812. The van der Waals surface area contributed by atoms with Crippen molar-refractivity contribution in [2.24, 2.45) is 5.92 Å². The normalized spacial score (nSPS) is 25.5. The molecule has 3 N–H and O–H groups in total. The summed E-state index contributed by atoms with van der Waals surface area (Å²) in [6.07, 6.45) is 9.47. The van der Waals surface area contributed by atoms with Crippen LogP contribution in [-0.4, -0.2) is 74.1 Å². The van der Waals surface area contributed by atoms with Crippen LogP contribution < -0.4 is 5.32 Å². The SMILES string of the molecule is CCCCN1C(=O)[C@@H]([C@H](O)C2CCCCC2)NC(=O)C12CCN(C(O)c1ccncc1)CC2.Cl. The third-order valence-corrected chi connectivity index (χ3v) is 7.94. The number of carbonyl (C=O) groups excluding carboxylic acids is 2. The van der Waals surface area contributed by atoms with E-state index >= 15 is 0 Å². The Morgan fingerprint density at radius 3 is 2.38 bits per heavy atom. The Morgan fingerprint density at radius 2 is 1.76 bits per heavy atom. The van der Waals surface area contributed by atoms with Crippen molar-refractivity contribution in [3.8, 4) is 0 Å². The Kier molecular flexibility index (Phi) is 9.32. The summed E-state index contributed by atoms with van der Waals surface area (Å²) < 4.78 is 0. The molecule has 1 saturated carbocycles. The number of nitrogens with one attached hydrogen (secondary N) is 1. The number of pyridine rings is 1. The number of aliphatic hydroxyl groups excluding tert-OH is 2. The van der Waals surface area contributed by atoms with E-state index in [0.29, 0.717) is 32.5 Å². The molecule has 8 nitrogen and oxygen atoms in total. The topological polar surface area (TPSA) is 106 Å². The summed E-state index contributed by atoms with van der Waals surface area (Å²) in [6, 6.07) is 2.72. The maximum atomic E-state index is 13.7. The molecule has 9 heteroatoms. The zero-order valence-corrected chi connectivity index (χ0v) is 20.9. The van der Waals surface area contributed by atoms with Crippen molar-refractivity contribution in [3.63, 3.8) is 0 Å². The summed E-state index contributed by atoms with van der Waals surface area (Å²) in [5.74, 6) is -0.243. The lowest BCUT2D eigenvalue weighted by Crippen LogP contribution is -2.75. The van der Waals surface area contributed by atoms with Gasteiger partial charge in [-0.25, -0.2) is 0 Å². The van der Waals surface area contributed by atoms with Crippen LogP contribution in [-0.2, 0) is 9.59 Å². The Balaban J connectivity index is 0.00000324. The summed E-state index contributed by atoms with van der Waals surface area (Å²) in [4.78, 5) is 34.9. The van der Waals surface area contributed by atoms with Crippen molar-refractivity contribution < 1.29 is 19.8 Å². The number of piperidine rings is 1. The molecule has 2 aliphatic heterocycles. The molecule has 3 atom stereocenters. The number of carbonyl (C=O) groups is 2. The van der Waals surface area contributed by atoms with Crippen LogP contribution >= 0.6 is 12.4 Å². The maximum Gasteiger partial charge on any atom is 0.248 e. The summed E-state index contributed by atoms with van der Waals surface area (Å²) in [7, 11) is 0. The van der Waals surface area contributed by atoms with Gasteiger partial charge in [0.1, 0.15) is 17.8 Å². The first kappa shape index (κ1) is 26.9. The van der Waals surface area contributed by atoms with E-state index in [-0.39, 0.29) is 30.1 Å². The molecular formula is C25H39ClN4O4. The number of nitrogens with zero attached hydrogens (tertiary/aromatic N) is 3. The van der Waals surface area contributed by atoms with Crippen molar-refractivity contribution in [1.82, 2.24) is 20.1 Å². The van der Waals surface area contributed by atoms with E-state index in [9.17, 15) is 19.8 Å². The van der Waals surface area contributed by atoms with Gasteiger partial charge in [0.25, 0.3) is 0 Å². The fourth-order valence-electron chi connectivity index (χ4n) is 5.84. The van der Waals surface area contributed by atoms with E-state index in [1.165, 1.54) is 6.42 Å². The standard InChI is InChI=1S/C25H38N4O4.ClH/c1-2-3-15-29-23(32)20(21(30)18-7-5-4-6-8-18)27-24(33)25(29)11-16-28(17-12-25)22(31)19-9-13-26-14-10-19;/h9-10,13-14,18,20-22,30-31H,2-8,11-12,15-17H2,1H3,(H,27,33);1H/t20-,21-,22?;/m1./s1.